The van der Waals surface area contributed by atoms with Crippen molar-refractivity contribution in [3.05, 3.63) is 53.6 Å². The van der Waals surface area contributed by atoms with E-state index < -0.39 is 0 Å². The summed E-state index contributed by atoms with van der Waals surface area (Å²) in [6.45, 7) is 4.05. The third-order valence-electron chi connectivity index (χ3n) is 5.22. The van der Waals surface area contributed by atoms with Gasteiger partial charge in [0.25, 0.3) is 5.91 Å². The fourth-order valence-electron chi connectivity index (χ4n) is 3.81. The highest BCUT2D eigenvalue weighted by Gasteiger charge is 2.15. The third kappa shape index (κ3) is 4.59. The van der Waals surface area contributed by atoms with Gasteiger partial charge in [0.05, 0.1) is 11.0 Å². The molecule has 0 fully saturated rings. The second-order valence-electron chi connectivity index (χ2n) is 7.25. The van der Waals surface area contributed by atoms with Crippen LogP contribution in [0.4, 0.5) is 5.95 Å². The summed E-state index contributed by atoms with van der Waals surface area (Å²) >= 11 is 0. The Morgan fingerprint density at radius 2 is 2.03 bits per heavy atom. The monoisotopic (exact) mass is 393 g/mol. The number of nitrogens with zero attached hydrogens (tertiary/aromatic N) is 2. The van der Waals surface area contributed by atoms with E-state index in [1.807, 2.05) is 41.8 Å². The smallest absolute Gasteiger partial charge is 0.264 e. The topological polar surface area (TPSA) is 65.4 Å². The number of amides is 1. The number of rotatable bonds is 9. The highest BCUT2D eigenvalue weighted by molar-refractivity contribution is 5.92. The van der Waals surface area contributed by atoms with Crippen molar-refractivity contribution >= 4 is 22.9 Å². The normalized spacial score (nSPS) is 12.9. The minimum absolute atomic E-state index is 0.0407. The molecule has 0 unspecified atom stereocenters. The van der Waals surface area contributed by atoms with Gasteiger partial charge in [-0.05, 0) is 68.0 Å². The van der Waals surface area contributed by atoms with Gasteiger partial charge >= 0.3 is 0 Å². The van der Waals surface area contributed by atoms with Crippen LogP contribution in [0.3, 0.4) is 0 Å². The van der Waals surface area contributed by atoms with Crippen LogP contribution in [-0.4, -0.2) is 35.3 Å². The van der Waals surface area contributed by atoms with Gasteiger partial charge in [0.15, 0.2) is 6.61 Å². The van der Waals surface area contributed by atoms with Crippen molar-refractivity contribution < 1.29 is 14.3 Å². The fraction of sp³-hybridized carbons (Fsp3) is 0.391. The molecule has 1 N–H and O–H groups in total. The first-order valence-electron chi connectivity index (χ1n) is 10.3. The average Bonchev–Trinajstić information content (AvgIpc) is 3.33. The van der Waals surface area contributed by atoms with E-state index in [0.717, 1.165) is 42.6 Å². The Morgan fingerprint density at radius 3 is 2.93 bits per heavy atom. The molecule has 1 aliphatic carbocycles. The molecule has 1 aromatic heterocycles. The van der Waals surface area contributed by atoms with Crippen molar-refractivity contribution in [1.82, 2.24) is 9.55 Å². The quantitative estimate of drug-likeness (QED) is 0.559. The number of para-hydroxylation sites is 2. The van der Waals surface area contributed by atoms with Crippen molar-refractivity contribution in [2.45, 2.75) is 39.2 Å². The molecule has 4 rings (SSSR count). The first kappa shape index (κ1) is 19.5. The molecule has 1 amide bonds. The number of benzene rings is 2. The zero-order valence-corrected chi connectivity index (χ0v) is 16.8. The lowest BCUT2D eigenvalue weighted by molar-refractivity contribution is -0.118. The van der Waals surface area contributed by atoms with E-state index in [9.17, 15) is 4.79 Å². The maximum Gasteiger partial charge on any atom is 0.264 e. The summed E-state index contributed by atoms with van der Waals surface area (Å²) in [4.78, 5) is 17.1. The summed E-state index contributed by atoms with van der Waals surface area (Å²) in [5.41, 5.74) is 4.58. The Labute approximate surface area is 170 Å². The molecule has 6 nitrogen and oxygen atoms in total. The molecule has 2 aromatic carbocycles. The maximum absolute atomic E-state index is 12.5. The number of fused-ring (bicyclic) bond motifs is 2. The molecule has 1 aliphatic rings. The van der Waals surface area contributed by atoms with Crippen LogP contribution in [0.2, 0.25) is 0 Å². The molecule has 3 aromatic rings. The molecule has 6 heteroatoms. The number of anilines is 1. The Bertz CT molecular complexity index is 996. The number of nitrogens with one attached hydrogen (secondary N) is 1. The van der Waals surface area contributed by atoms with Crippen molar-refractivity contribution in [3.8, 4) is 5.75 Å². The van der Waals surface area contributed by atoms with Crippen LogP contribution >= 0.6 is 0 Å². The van der Waals surface area contributed by atoms with Crippen molar-refractivity contribution in [2.24, 2.45) is 0 Å². The van der Waals surface area contributed by atoms with Gasteiger partial charge < -0.3 is 14.0 Å². The number of carbonyl (C=O) groups excluding carboxylic acids is 1. The Morgan fingerprint density at radius 1 is 1.17 bits per heavy atom. The number of hydrogen-bond acceptors (Lipinski definition) is 4. The summed E-state index contributed by atoms with van der Waals surface area (Å²) in [7, 11) is 0. The highest BCUT2D eigenvalue weighted by atomic mass is 16.5. The number of aryl methyl sites for hydroxylation is 3. The molecule has 0 bridgehead atoms. The summed E-state index contributed by atoms with van der Waals surface area (Å²) < 4.78 is 13.2. The minimum Gasteiger partial charge on any atom is -0.484 e. The van der Waals surface area contributed by atoms with E-state index in [0.29, 0.717) is 19.2 Å². The van der Waals surface area contributed by atoms with Crippen LogP contribution in [-0.2, 0) is 28.9 Å². The second-order valence-corrected chi connectivity index (χ2v) is 7.25. The Kier molecular flexibility index (Phi) is 6.10. The molecule has 0 aliphatic heterocycles. The molecule has 1 heterocycles. The third-order valence-corrected chi connectivity index (χ3v) is 5.22. The van der Waals surface area contributed by atoms with Gasteiger partial charge in [-0.1, -0.05) is 18.2 Å². The van der Waals surface area contributed by atoms with Gasteiger partial charge in [0.1, 0.15) is 5.75 Å². The van der Waals surface area contributed by atoms with Gasteiger partial charge in [-0.25, -0.2) is 4.98 Å². The van der Waals surface area contributed by atoms with E-state index in [4.69, 9.17) is 9.47 Å². The van der Waals surface area contributed by atoms with Crippen LogP contribution in [0.25, 0.3) is 11.0 Å². The molecule has 0 spiro atoms. The summed E-state index contributed by atoms with van der Waals surface area (Å²) in [6, 6.07) is 14.0. The Balaban J connectivity index is 1.41. The highest BCUT2D eigenvalue weighted by Crippen LogP contribution is 2.26. The average molecular weight is 393 g/mol. The number of carbonyl (C=O) groups is 1. The van der Waals surface area contributed by atoms with E-state index in [-0.39, 0.29) is 12.5 Å². The van der Waals surface area contributed by atoms with Crippen LogP contribution in [0.1, 0.15) is 30.9 Å². The molecule has 29 heavy (non-hydrogen) atoms. The first-order chi connectivity index (χ1) is 14.2. The van der Waals surface area contributed by atoms with Gasteiger partial charge in [0, 0.05) is 19.8 Å². The second kappa shape index (κ2) is 9.09. The van der Waals surface area contributed by atoms with Crippen molar-refractivity contribution in [2.75, 3.05) is 25.1 Å². The molecule has 0 atom stereocenters. The number of hydrogen-bond donors (Lipinski definition) is 1. The molecule has 152 valence electrons. The lowest BCUT2D eigenvalue weighted by Gasteiger charge is -2.11. The van der Waals surface area contributed by atoms with Crippen LogP contribution in [0.5, 0.6) is 5.75 Å². The summed E-state index contributed by atoms with van der Waals surface area (Å²) in [5.74, 6) is 1.07. The molecule has 0 radical (unpaired) electrons. The predicted molar refractivity (Wildman–Crippen MR) is 113 cm³/mol. The van der Waals surface area contributed by atoms with Crippen molar-refractivity contribution in [3.63, 3.8) is 0 Å². The molecule has 0 saturated heterocycles. The molecular weight excluding hydrogens is 366 g/mol. The predicted octanol–water partition coefficient (Wildman–Crippen LogP) is 3.97. The number of ether oxygens (including phenoxy) is 2. The summed E-state index contributed by atoms with van der Waals surface area (Å²) in [5, 5.41) is 2.91. The maximum atomic E-state index is 12.5. The van der Waals surface area contributed by atoms with Gasteiger partial charge in [-0.2, -0.15) is 0 Å². The first-order valence-corrected chi connectivity index (χ1v) is 10.3. The zero-order chi connectivity index (χ0) is 20.1. The van der Waals surface area contributed by atoms with Gasteiger partial charge in [-0.3, -0.25) is 10.1 Å². The number of imidazole rings is 1. The van der Waals surface area contributed by atoms with Crippen LogP contribution in [0, 0.1) is 0 Å². The Hall–Kier alpha value is -2.86. The standard InChI is InChI=1S/C23H27N3O3/c1-2-28-14-6-13-26-21-10-4-3-9-20(21)24-23(26)25-22(27)16-29-19-12-11-17-7-5-8-18(17)15-19/h3-4,9-12,15H,2,5-8,13-14,16H2,1H3,(H,24,25,27). The zero-order valence-electron chi connectivity index (χ0n) is 16.8. The molecule has 0 saturated carbocycles. The van der Waals surface area contributed by atoms with E-state index in [1.165, 1.54) is 17.5 Å². The lowest BCUT2D eigenvalue weighted by atomic mass is 10.1. The summed E-state index contributed by atoms with van der Waals surface area (Å²) in [6.07, 6.45) is 4.27. The number of aromatic nitrogens is 2. The van der Waals surface area contributed by atoms with E-state index in [2.05, 4.69) is 22.4 Å². The largest absolute Gasteiger partial charge is 0.484 e. The van der Waals surface area contributed by atoms with Gasteiger partial charge in [-0.15, -0.1) is 0 Å². The fourth-order valence-corrected chi connectivity index (χ4v) is 3.81. The van der Waals surface area contributed by atoms with E-state index >= 15 is 0 Å². The van der Waals surface area contributed by atoms with E-state index in [1.54, 1.807) is 0 Å². The van der Waals surface area contributed by atoms with Crippen molar-refractivity contribution in [1.29, 1.82) is 0 Å². The molecular formula is C23H27N3O3. The lowest BCUT2D eigenvalue weighted by Crippen LogP contribution is -2.22. The minimum atomic E-state index is -0.216. The SMILES string of the molecule is CCOCCCn1c(NC(=O)COc2ccc3c(c2)CCC3)nc2ccccc21. The van der Waals surface area contributed by atoms with Gasteiger partial charge in [0.2, 0.25) is 5.95 Å². The van der Waals surface area contributed by atoms with Crippen LogP contribution < -0.4 is 10.1 Å². The van der Waals surface area contributed by atoms with Crippen LogP contribution in [0.15, 0.2) is 42.5 Å².